The van der Waals surface area contributed by atoms with Crippen molar-refractivity contribution in [2.75, 3.05) is 27.2 Å². The average Bonchev–Trinajstić information content (AvgIpc) is 2.28. The third kappa shape index (κ3) is 6.22. The summed E-state index contributed by atoms with van der Waals surface area (Å²) in [4.78, 5) is 13.6. The number of carbonyl (C=O) groups is 1. The molecule has 0 radical (unpaired) electrons. The van der Waals surface area contributed by atoms with E-state index in [1.165, 1.54) is 0 Å². The molecule has 5 heteroatoms. The largest absolute Gasteiger partial charge is 0.508 e. The van der Waals surface area contributed by atoms with E-state index in [0.717, 1.165) is 5.56 Å². The van der Waals surface area contributed by atoms with Crippen LogP contribution in [0.3, 0.4) is 0 Å². The number of phenols is 1. The van der Waals surface area contributed by atoms with Gasteiger partial charge in [0.25, 0.3) is 0 Å². The van der Waals surface area contributed by atoms with Crippen LogP contribution in [0.1, 0.15) is 12.5 Å². The highest BCUT2D eigenvalue weighted by molar-refractivity contribution is 5.78. The first-order valence-electron chi connectivity index (χ1n) is 6.20. The molecule has 0 spiro atoms. The van der Waals surface area contributed by atoms with Gasteiger partial charge >= 0.3 is 0 Å². The molecule has 1 amide bonds. The second-order valence-corrected chi connectivity index (χ2v) is 5.35. The molecule has 0 saturated carbocycles. The average molecular weight is 266 g/mol. The van der Waals surface area contributed by atoms with Crippen LogP contribution >= 0.6 is 0 Å². The molecule has 0 fully saturated rings. The van der Waals surface area contributed by atoms with E-state index in [1.807, 2.05) is 19.0 Å². The fourth-order valence-electron chi connectivity index (χ4n) is 1.89. The maximum atomic E-state index is 11.7. The van der Waals surface area contributed by atoms with Crippen LogP contribution in [0.15, 0.2) is 24.3 Å². The van der Waals surface area contributed by atoms with Gasteiger partial charge in [0.2, 0.25) is 5.91 Å². The van der Waals surface area contributed by atoms with Crippen molar-refractivity contribution >= 4 is 5.91 Å². The molecule has 0 saturated heterocycles. The molecular formula is C14H22N2O3. The number of aliphatic hydroxyl groups is 1. The minimum absolute atomic E-state index is 0.148. The van der Waals surface area contributed by atoms with E-state index in [2.05, 4.69) is 5.32 Å². The summed E-state index contributed by atoms with van der Waals surface area (Å²) in [5.74, 6) is 0.0304. The van der Waals surface area contributed by atoms with Crippen molar-refractivity contribution in [1.29, 1.82) is 0 Å². The number of aromatic hydroxyl groups is 1. The van der Waals surface area contributed by atoms with E-state index in [9.17, 15) is 9.90 Å². The topological polar surface area (TPSA) is 72.8 Å². The van der Waals surface area contributed by atoms with Crippen molar-refractivity contribution in [3.8, 4) is 5.75 Å². The Balaban J connectivity index is 2.41. The molecule has 106 valence electrons. The quantitative estimate of drug-likeness (QED) is 0.695. The van der Waals surface area contributed by atoms with E-state index in [4.69, 9.17) is 5.11 Å². The lowest BCUT2D eigenvalue weighted by Gasteiger charge is -2.27. The number of benzene rings is 1. The Kier molecular flexibility index (Phi) is 5.32. The maximum Gasteiger partial charge on any atom is 0.224 e. The smallest absolute Gasteiger partial charge is 0.224 e. The predicted molar refractivity (Wildman–Crippen MR) is 74.0 cm³/mol. The molecule has 3 N–H and O–H groups in total. The van der Waals surface area contributed by atoms with Crippen molar-refractivity contribution < 1.29 is 15.0 Å². The zero-order valence-electron chi connectivity index (χ0n) is 11.7. The highest BCUT2D eigenvalue weighted by Crippen LogP contribution is 2.10. The van der Waals surface area contributed by atoms with E-state index >= 15 is 0 Å². The third-order valence-corrected chi connectivity index (χ3v) is 2.62. The SMILES string of the molecule is CN(C)CC(C)(O)CNC(=O)Cc1ccc(O)cc1. The zero-order chi connectivity index (χ0) is 14.5. The number of carbonyl (C=O) groups excluding carboxylic acids is 1. The summed E-state index contributed by atoms with van der Waals surface area (Å²) in [6.07, 6.45) is 0.234. The molecule has 0 aromatic heterocycles. The fraction of sp³-hybridized carbons (Fsp3) is 0.500. The first kappa shape index (κ1) is 15.5. The molecule has 19 heavy (non-hydrogen) atoms. The van der Waals surface area contributed by atoms with Crippen LogP contribution in [0.4, 0.5) is 0 Å². The van der Waals surface area contributed by atoms with Crippen LogP contribution < -0.4 is 5.32 Å². The summed E-state index contributed by atoms with van der Waals surface area (Å²) in [7, 11) is 3.74. The van der Waals surface area contributed by atoms with E-state index in [-0.39, 0.29) is 24.6 Å². The normalized spacial score (nSPS) is 14.2. The summed E-state index contributed by atoms with van der Waals surface area (Å²) in [5.41, 5.74) is -0.128. The van der Waals surface area contributed by atoms with Gasteiger partial charge in [-0.15, -0.1) is 0 Å². The van der Waals surface area contributed by atoms with Gasteiger partial charge in [-0.05, 0) is 38.7 Å². The zero-order valence-corrected chi connectivity index (χ0v) is 11.7. The molecule has 0 aliphatic carbocycles. The number of hydrogen-bond donors (Lipinski definition) is 3. The first-order valence-corrected chi connectivity index (χ1v) is 6.20. The minimum atomic E-state index is -0.950. The van der Waals surface area contributed by atoms with Crippen molar-refractivity contribution in [2.45, 2.75) is 18.9 Å². The second kappa shape index (κ2) is 6.54. The Morgan fingerprint density at radius 2 is 1.89 bits per heavy atom. The summed E-state index contributed by atoms with van der Waals surface area (Å²) >= 11 is 0. The van der Waals surface area contributed by atoms with Crippen LogP contribution in [0, 0.1) is 0 Å². The van der Waals surface area contributed by atoms with Gasteiger partial charge in [-0.3, -0.25) is 4.79 Å². The number of nitrogens with one attached hydrogen (secondary N) is 1. The highest BCUT2D eigenvalue weighted by atomic mass is 16.3. The highest BCUT2D eigenvalue weighted by Gasteiger charge is 2.21. The molecule has 0 aliphatic heterocycles. The number of hydrogen-bond acceptors (Lipinski definition) is 4. The Morgan fingerprint density at radius 1 is 1.32 bits per heavy atom. The lowest BCUT2D eigenvalue weighted by Crippen LogP contribution is -2.47. The van der Waals surface area contributed by atoms with Gasteiger partial charge in [0.05, 0.1) is 12.0 Å². The van der Waals surface area contributed by atoms with Gasteiger partial charge in [0.1, 0.15) is 5.75 Å². The number of phenolic OH excluding ortho intramolecular Hbond substituents is 1. The van der Waals surface area contributed by atoms with Crippen LogP contribution in [0.25, 0.3) is 0 Å². The molecule has 1 atom stereocenters. The van der Waals surface area contributed by atoms with Crippen LogP contribution in [0.5, 0.6) is 5.75 Å². The van der Waals surface area contributed by atoms with Gasteiger partial charge in [0, 0.05) is 13.1 Å². The lowest BCUT2D eigenvalue weighted by atomic mass is 10.1. The van der Waals surface area contributed by atoms with Crippen LogP contribution in [-0.4, -0.2) is 53.8 Å². The Morgan fingerprint density at radius 3 is 2.42 bits per heavy atom. The molecule has 0 heterocycles. The lowest BCUT2D eigenvalue weighted by molar-refractivity contribution is -0.121. The monoisotopic (exact) mass is 266 g/mol. The maximum absolute atomic E-state index is 11.7. The fourth-order valence-corrected chi connectivity index (χ4v) is 1.89. The number of likely N-dealkylation sites (N-methyl/N-ethyl adjacent to an activating group) is 1. The molecule has 0 aliphatic rings. The van der Waals surface area contributed by atoms with E-state index < -0.39 is 5.60 Å². The van der Waals surface area contributed by atoms with Crippen LogP contribution in [0.2, 0.25) is 0 Å². The summed E-state index contributed by atoms with van der Waals surface area (Å²) in [6, 6.07) is 6.50. The van der Waals surface area contributed by atoms with Gasteiger partial charge in [0.15, 0.2) is 0 Å². The summed E-state index contributed by atoms with van der Waals surface area (Å²) < 4.78 is 0. The number of rotatable bonds is 6. The molecule has 0 bridgehead atoms. The Hall–Kier alpha value is -1.59. The van der Waals surface area contributed by atoms with Gasteiger partial charge < -0.3 is 20.4 Å². The van der Waals surface area contributed by atoms with Gasteiger partial charge in [-0.1, -0.05) is 12.1 Å². The van der Waals surface area contributed by atoms with E-state index in [1.54, 1.807) is 31.2 Å². The van der Waals surface area contributed by atoms with Crippen molar-refractivity contribution in [3.63, 3.8) is 0 Å². The van der Waals surface area contributed by atoms with Crippen LogP contribution in [-0.2, 0) is 11.2 Å². The number of amides is 1. The van der Waals surface area contributed by atoms with Gasteiger partial charge in [-0.25, -0.2) is 0 Å². The second-order valence-electron chi connectivity index (χ2n) is 5.35. The minimum Gasteiger partial charge on any atom is -0.508 e. The third-order valence-electron chi connectivity index (χ3n) is 2.62. The first-order chi connectivity index (χ1) is 8.78. The summed E-state index contributed by atoms with van der Waals surface area (Å²) in [5, 5.41) is 21.9. The molecule has 1 unspecified atom stereocenters. The number of nitrogens with zero attached hydrogens (tertiary/aromatic N) is 1. The summed E-state index contributed by atoms with van der Waals surface area (Å²) in [6.45, 7) is 2.38. The van der Waals surface area contributed by atoms with Crippen molar-refractivity contribution in [1.82, 2.24) is 10.2 Å². The molecule has 1 aromatic rings. The molecule has 5 nitrogen and oxygen atoms in total. The Bertz CT molecular complexity index is 413. The predicted octanol–water partition coefficient (Wildman–Crippen LogP) is 0.363. The molecular weight excluding hydrogens is 244 g/mol. The Labute approximate surface area is 113 Å². The van der Waals surface area contributed by atoms with Crippen molar-refractivity contribution in [2.24, 2.45) is 0 Å². The molecule has 1 aromatic carbocycles. The van der Waals surface area contributed by atoms with Crippen molar-refractivity contribution in [3.05, 3.63) is 29.8 Å². The van der Waals surface area contributed by atoms with Gasteiger partial charge in [-0.2, -0.15) is 0 Å². The molecule has 1 rings (SSSR count). The van der Waals surface area contributed by atoms with E-state index in [0.29, 0.717) is 6.54 Å². The standard InChI is InChI=1S/C14H22N2O3/c1-14(19,10-16(2)3)9-15-13(18)8-11-4-6-12(17)7-5-11/h4-7,17,19H,8-10H2,1-3H3,(H,15,18).